The number of nitrogens with zero attached hydrogens (tertiary/aromatic N) is 9. The number of carbonyl (C=O) groups is 2. The lowest BCUT2D eigenvalue weighted by molar-refractivity contribution is -0.142. The topological polar surface area (TPSA) is 254 Å². The zero-order valence-electron chi connectivity index (χ0n) is 50.2. The SMILES string of the molecule is Cc1c(F)cc2[nH]ncc2c1-c1c(C2CC2)cc2c(N3C[C@@H]4C[C@H]3CN4)nc(OC3CCOCC3)nc2c1OCc1ccc2c(c1)[nH]c(=O)c1nn([C@H](C(=O)N3C[C@H](O)C[C@H]3C(=O)N[C@@H](CO)c3ccc(-c4scnc4C#CCN(C)C)cc3)C(C)C)cc12. The van der Waals surface area contributed by atoms with Crippen LogP contribution < -0.4 is 30.6 Å². The first-order valence-electron chi connectivity index (χ1n) is 30.7. The van der Waals surface area contributed by atoms with Gasteiger partial charge in [-0.1, -0.05) is 56.2 Å². The van der Waals surface area contributed by atoms with Crippen LogP contribution in [0, 0.1) is 30.5 Å². The summed E-state index contributed by atoms with van der Waals surface area (Å²) >= 11 is 1.47. The number of rotatable bonds is 17. The standard InChI is InChI=1S/C66H70FN13O8S/c1-34(2)59(65(85)79-29-42(82)23-54(79)63(83)72-53(31-81)38-11-13-39(14-12-38)61-50(69-33-89-61)7-6-18-77(4)5)80-30-48-44-15-8-36(21-51(44)71-64(84)58(48)76-80)32-87-60-56(55-35(3)49(67)25-52-47(55)27-70-75-52)45(37-9-10-37)24-46-57(60)73-66(88-43-16-19-86-20-17-43)74-62(46)78-28-40-22-41(78)26-68-40/h8,11-15,21,24-25,27,30,33-34,37,40-43,53-54,59,68,81-82H,9-10,16-20,22-23,26,28-29,31-32H2,1-5H3,(H,70,75)(H,71,84)(H,72,83)/t40-,41-,42+,53-,54-,59-/m0/s1. The van der Waals surface area contributed by atoms with Gasteiger partial charge in [0.15, 0.2) is 11.3 Å². The molecule has 4 aliphatic heterocycles. The molecule has 5 fully saturated rings. The first-order valence-corrected chi connectivity index (χ1v) is 31.5. The largest absolute Gasteiger partial charge is 0.486 e. The van der Waals surface area contributed by atoms with Crippen LogP contribution >= 0.6 is 11.3 Å². The minimum atomic E-state index is -1.06. The molecule has 9 aromatic rings. The highest BCUT2D eigenvalue weighted by molar-refractivity contribution is 7.13. The Balaban J connectivity index is 0.771. The number of carbonyl (C=O) groups excluding carboxylic acids is 2. The molecule has 0 unspecified atom stereocenters. The molecular weight excluding hydrogens is 1150 g/mol. The Hall–Kier alpha value is -8.37. The number of aliphatic hydroxyl groups excluding tert-OH is 2. The van der Waals surface area contributed by atoms with Crippen LogP contribution in [0.1, 0.15) is 98.3 Å². The predicted molar refractivity (Wildman–Crippen MR) is 336 cm³/mol. The maximum absolute atomic E-state index is 16.3. The van der Waals surface area contributed by atoms with E-state index in [9.17, 15) is 24.6 Å². The predicted octanol–water partition coefficient (Wildman–Crippen LogP) is 7.42. The van der Waals surface area contributed by atoms with Crippen molar-refractivity contribution in [3.63, 3.8) is 0 Å². The Morgan fingerprint density at radius 1 is 0.966 bits per heavy atom. The number of hydrogen-bond donors (Lipinski definition) is 6. The van der Waals surface area contributed by atoms with Crippen molar-refractivity contribution in [1.29, 1.82) is 0 Å². The number of aromatic amines is 2. The number of hydrogen-bond acceptors (Lipinski definition) is 17. The molecule has 5 aliphatic rings. The van der Waals surface area contributed by atoms with E-state index in [1.807, 2.05) is 75.3 Å². The maximum atomic E-state index is 16.3. The van der Waals surface area contributed by atoms with Gasteiger partial charge in [0.05, 0.1) is 60.6 Å². The number of ether oxygens (including phenoxy) is 3. The molecule has 14 rings (SSSR count). The molecule has 9 heterocycles. The highest BCUT2D eigenvalue weighted by Crippen LogP contribution is 2.54. The van der Waals surface area contributed by atoms with E-state index >= 15 is 4.39 Å². The number of halogens is 1. The van der Waals surface area contributed by atoms with Crippen molar-refractivity contribution in [3.8, 4) is 45.2 Å². The van der Waals surface area contributed by atoms with Gasteiger partial charge in [0, 0.05) is 95.4 Å². The molecule has 89 heavy (non-hydrogen) atoms. The maximum Gasteiger partial charge on any atom is 0.319 e. The summed E-state index contributed by atoms with van der Waals surface area (Å²) in [6.07, 6.45) is 6.56. The van der Waals surface area contributed by atoms with E-state index in [0.717, 1.165) is 76.1 Å². The molecule has 0 spiro atoms. The molecule has 5 aromatic heterocycles. The summed E-state index contributed by atoms with van der Waals surface area (Å²) in [6, 6.07) is 14.8. The number of aromatic nitrogens is 8. The van der Waals surface area contributed by atoms with Gasteiger partial charge in [0.1, 0.15) is 47.6 Å². The average Bonchev–Trinajstić information content (AvgIpc) is 1.93. The van der Waals surface area contributed by atoms with E-state index < -0.39 is 48.2 Å². The number of fused-ring (bicyclic) bond motifs is 7. The molecular formula is C66H70FN13O8S. The van der Waals surface area contributed by atoms with Crippen molar-refractivity contribution in [2.75, 3.05) is 65.0 Å². The normalized spacial score (nSPS) is 20.2. The van der Waals surface area contributed by atoms with Gasteiger partial charge in [0.2, 0.25) is 11.8 Å². The molecule has 2 bridgehead atoms. The third-order valence-electron chi connectivity index (χ3n) is 18.1. The molecule has 21 nitrogen and oxygen atoms in total. The first kappa shape index (κ1) is 58.3. The summed E-state index contributed by atoms with van der Waals surface area (Å²) in [7, 11) is 3.90. The number of β-amino-alcohol motifs (C(OH)–C–C–N with tert-alkyl or cyclic N) is 1. The van der Waals surface area contributed by atoms with Gasteiger partial charge in [0.25, 0.3) is 5.56 Å². The van der Waals surface area contributed by atoms with Crippen molar-refractivity contribution < 1.29 is 38.4 Å². The molecule has 460 valence electrons. The molecule has 6 atom stereocenters. The number of aliphatic hydroxyl groups is 2. The second-order valence-electron chi connectivity index (χ2n) is 25.0. The van der Waals surface area contributed by atoms with Gasteiger partial charge in [-0.25, -0.2) is 9.37 Å². The van der Waals surface area contributed by atoms with Crippen molar-refractivity contribution >= 4 is 72.6 Å². The summed E-state index contributed by atoms with van der Waals surface area (Å²) in [5, 5.41) is 43.1. The minimum absolute atomic E-state index is 0.0136. The Morgan fingerprint density at radius 2 is 1.79 bits per heavy atom. The van der Waals surface area contributed by atoms with Crippen LogP contribution in [0.15, 0.2) is 77.3 Å². The third kappa shape index (κ3) is 11.1. The highest BCUT2D eigenvalue weighted by atomic mass is 32.1. The summed E-state index contributed by atoms with van der Waals surface area (Å²) in [5.74, 6) is 5.97. The van der Waals surface area contributed by atoms with E-state index in [-0.39, 0.29) is 60.9 Å². The van der Waals surface area contributed by atoms with Crippen LogP contribution in [0.4, 0.5) is 10.2 Å². The Morgan fingerprint density at radius 3 is 2.53 bits per heavy atom. The number of thiazole rings is 1. The van der Waals surface area contributed by atoms with Crippen LogP contribution in [0.5, 0.6) is 11.8 Å². The number of anilines is 1. The van der Waals surface area contributed by atoms with Crippen molar-refractivity contribution in [1.82, 2.24) is 60.3 Å². The molecule has 4 saturated heterocycles. The third-order valence-corrected chi connectivity index (χ3v) is 19.0. The fourth-order valence-electron chi connectivity index (χ4n) is 13.5. The quantitative estimate of drug-likeness (QED) is 0.0485. The Bertz CT molecular complexity index is 4350. The van der Waals surface area contributed by atoms with Crippen LogP contribution in [-0.4, -0.2) is 162 Å². The van der Waals surface area contributed by atoms with Gasteiger partial charge in [-0.3, -0.25) is 29.1 Å². The van der Waals surface area contributed by atoms with E-state index in [4.69, 9.17) is 29.3 Å². The highest BCUT2D eigenvalue weighted by Gasteiger charge is 2.44. The zero-order chi connectivity index (χ0) is 61.4. The van der Waals surface area contributed by atoms with Gasteiger partial charge >= 0.3 is 6.01 Å². The number of likely N-dealkylation sites (tertiary alicyclic amines) is 1. The molecule has 1 aliphatic carbocycles. The molecule has 4 aromatic carbocycles. The number of pyridine rings is 1. The fourth-order valence-corrected chi connectivity index (χ4v) is 14.2. The lowest BCUT2D eigenvalue weighted by Gasteiger charge is -2.31. The molecule has 23 heteroatoms. The average molecular weight is 1220 g/mol. The molecule has 2 amide bonds. The fraction of sp³-hybridized carbons (Fsp3) is 0.424. The van der Waals surface area contributed by atoms with Crippen molar-refractivity contribution in [2.24, 2.45) is 5.92 Å². The second-order valence-corrected chi connectivity index (χ2v) is 25.8. The Kier molecular flexibility index (Phi) is 15.6. The number of piperazine rings is 1. The lowest BCUT2D eigenvalue weighted by Crippen LogP contribution is -2.50. The van der Waals surface area contributed by atoms with E-state index in [0.29, 0.717) is 94.1 Å². The van der Waals surface area contributed by atoms with Crippen LogP contribution in [0.2, 0.25) is 0 Å². The first-order chi connectivity index (χ1) is 43.2. The number of H-pyrrole nitrogens is 2. The summed E-state index contributed by atoms with van der Waals surface area (Å²) in [6.45, 7) is 8.37. The number of amides is 2. The smallest absolute Gasteiger partial charge is 0.319 e. The zero-order valence-corrected chi connectivity index (χ0v) is 51.0. The summed E-state index contributed by atoms with van der Waals surface area (Å²) in [4.78, 5) is 68.0. The number of benzene rings is 4. The van der Waals surface area contributed by atoms with Gasteiger partial charge in [-0.2, -0.15) is 20.2 Å². The van der Waals surface area contributed by atoms with Gasteiger partial charge in [-0.05, 0) is 104 Å². The van der Waals surface area contributed by atoms with E-state index in [1.54, 1.807) is 24.8 Å². The van der Waals surface area contributed by atoms with Crippen molar-refractivity contribution in [2.45, 2.75) is 114 Å². The molecule has 1 saturated carbocycles. The van der Waals surface area contributed by atoms with Crippen LogP contribution in [0.3, 0.4) is 0 Å². The number of nitrogens with one attached hydrogen (secondary N) is 4. The second kappa shape index (κ2) is 23.9. The van der Waals surface area contributed by atoms with Crippen molar-refractivity contribution in [3.05, 3.63) is 117 Å². The van der Waals surface area contributed by atoms with Crippen LogP contribution in [0.25, 0.3) is 65.2 Å². The minimum Gasteiger partial charge on any atom is -0.486 e. The lowest BCUT2D eigenvalue weighted by atomic mass is 9.88. The van der Waals surface area contributed by atoms with E-state index in [2.05, 4.69) is 53.6 Å². The van der Waals surface area contributed by atoms with Gasteiger partial charge < -0.3 is 49.8 Å². The van der Waals surface area contributed by atoms with Gasteiger partial charge in [-0.15, -0.1) is 11.3 Å². The van der Waals surface area contributed by atoms with E-state index in [1.165, 1.54) is 27.0 Å². The summed E-state index contributed by atoms with van der Waals surface area (Å²) < 4.78 is 37.3. The molecule has 0 radical (unpaired) electrons. The van der Waals surface area contributed by atoms with Crippen LogP contribution in [-0.2, 0) is 20.9 Å². The Labute approximate surface area is 516 Å². The monoisotopic (exact) mass is 1220 g/mol. The molecule has 6 N–H and O–H groups in total. The summed E-state index contributed by atoms with van der Waals surface area (Å²) in [5.41, 5.74) is 8.82.